The zero-order valence-corrected chi connectivity index (χ0v) is 10.8. The van der Waals surface area contributed by atoms with E-state index < -0.39 is 18.3 Å². The fraction of sp³-hybridized carbons (Fsp3) is 0.200. The summed E-state index contributed by atoms with van der Waals surface area (Å²) in [5, 5.41) is 48.7. The van der Waals surface area contributed by atoms with Crippen LogP contribution in [-0.2, 0) is 0 Å². The van der Waals surface area contributed by atoms with E-state index in [2.05, 4.69) is 0 Å². The number of hydrogen-bond acceptors (Lipinski definition) is 6. The molecule has 6 heteroatoms. The van der Waals surface area contributed by atoms with E-state index in [-0.39, 0.29) is 23.0 Å². The normalized spacial score (nSPS) is 24.2. The molecule has 21 heavy (non-hydrogen) atoms. The average molecular weight is 290 g/mol. The third-order valence-corrected chi connectivity index (χ3v) is 3.53. The highest BCUT2D eigenvalue weighted by atomic mass is 16.5. The summed E-state index contributed by atoms with van der Waals surface area (Å²) < 4.78 is 5.61. The van der Waals surface area contributed by atoms with E-state index in [0.717, 1.165) is 0 Å². The van der Waals surface area contributed by atoms with E-state index in [0.29, 0.717) is 11.1 Å². The minimum atomic E-state index is -1.24. The van der Waals surface area contributed by atoms with Crippen molar-refractivity contribution in [3.05, 3.63) is 47.5 Å². The van der Waals surface area contributed by atoms with Crippen molar-refractivity contribution >= 4 is 0 Å². The molecule has 2 aromatic rings. The van der Waals surface area contributed by atoms with Crippen molar-refractivity contribution in [2.24, 2.45) is 0 Å². The quantitative estimate of drug-likeness (QED) is 0.507. The van der Waals surface area contributed by atoms with Crippen LogP contribution >= 0.6 is 0 Å². The zero-order chi connectivity index (χ0) is 15.1. The van der Waals surface area contributed by atoms with Gasteiger partial charge in [0.1, 0.15) is 23.7 Å². The lowest BCUT2D eigenvalue weighted by molar-refractivity contribution is -0.0701. The van der Waals surface area contributed by atoms with Crippen LogP contribution in [0, 0.1) is 0 Å². The van der Waals surface area contributed by atoms with Crippen LogP contribution in [0.4, 0.5) is 0 Å². The van der Waals surface area contributed by atoms with Crippen LogP contribution in [0.1, 0.15) is 23.3 Å². The highest BCUT2D eigenvalue weighted by Crippen LogP contribution is 2.43. The largest absolute Gasteiger partial charge is 0.508 e. The van der Waals surface area contributed by atoms with Gasteiger partial charge in [0.15, 0.2) is 17.6 Å². The lowest BCUT2D eigenvalue weighted by Crippen LogP contribution is -2.34. The van der Waals surface area contributed by atoms with Gasteiger partial charge < -0.3 is 30.3 Å². The lowest BCUT2D eigenvalue weighted by Gasteiger charge is -2.34. The Balaban J connectivity index is 2.02. The molecule has 0 bridgehead atoms. The second kappa shape index (κ2) is 4.83. The summed E-state index contributed by atoms with van der Waals surface area (Å²) in [5.41, 5.74) is 0.769. The number of fused-ring (bicyclic) bond motifs is 1. The van der Waals surface area contributed by atoms with Crippen molar-refractivity contribution in [1.29, 1.82) is 0 Å². The van der Waals surface area contributed by atoms with Crippen molar-refractivity contribution in [3.63, 3.8) is 0 Å². The Hall–Kier alpha value is -2.44. The predicted molar refractivity (Wildman–Crippen MR) is 72.2 cm³/mol. The SMILES string of the molecule is Oc1ccc2c(c1)O[C@H](c1ccc(O)c(O)c1)[C@@H](O)[C@@H]2O. The van der Waals surface area contributed by atoms with Crippen LogP contribution in [0.2, 0.25) is 0 Å². The van der Waals surface area contributed by atoms with Crippen molar-refractivity contribution in [2.45, 2.75) is 18.3 Å². The number of aromatic hydroxyl groups is 3. The second-order valence-electron chi connectivity index (χ2n) is 4.94. The number of phenolic OH excluding ortho intramolecular Hbond substituents is 3. The second-order valence-corrected chi connectivity index (χ2v) is 4.94. The van der Waals surface area contributed by atoms with Gasteiger partial charge in [-0.25, -0.2) is 0 Å². The van der Waals surface area contributed by atoms with Gasteiger partial charge in [-0.15, -0.1) is 0 Å². The Kier molecular flexibility index (Phi) is 3.12. The molecule has 1 aliphatic rings. The fourth-order valence-electron chi connectivity index (χ4n) is 2.41. The van der Waals surface area contributed by atoms with Crippen molar-refractivity contribution in [2.75, 3.05) is 0 Å². The van der Waals surface area contributed by atoms with Crippen LogP contribution in [0.3, 0.4) is 0 Å². The van der Waals surface area contributed by atoms with Gasteiger partial charge in [-0.3, -0.25) is 0 Å². The molecule has 1 aliphatic heterocycles. The molecule has 0 saturated carbocycles. The first-order chi connectivity index (χ1) is 9.97. The van der Waals surface area contributed by atoms with Crippen LogP contribution < -0.4 is 4.74 Å². The van der Waals surface area contributed by atoms with Crippen molar-refractivity contribution in [3.8, 4) is 23.0 Å². The molecule has 0 saturated heterocycles. The van der Waals surface area contributed by atoms with E-state index in [4.69, 9.17) is 4.74 Å². The number of ether oxygens (including phenoxy) is 1. The van der Waals surface area contributed by atoms with Crippen molar-refractivity contribution < 1.29 is 30.3 Å². The maximum absolute atomic E-state index is 10.2. The Bertz CT molecular complexity index is 684. The van der Waals surface area contributed by atoms with Crippen LogP contribution in [0.15, 0.2) is 36.4 Å². The number of benzene rings is 2. The van der Waals surface area contributed by atoms with E-state index >= 15 is 0 Å². The molecule has 110 valence electrons. The maximum Gasteiger partial charge on any atom is 0.157 e. The van der Waals surface area contributed by atoms with Crippen molar-refractivity contribution in [1.82, 2.24) is 0 Å². The molecule has 0 spiro atoms. The maximum atomic E-state index is 10.2. The number of phenols is 3. The van der Waals surface area contributed by atoms with Gasteiger partial charge in [-0.1, -0.05) is 6.07 Å². The molecule has 5 N–H and O–H groups in total. The molecular formula is C15H14O6. The summed E-state index contributed by atoms with van der Waals surface area (Å²) in [4.78, 5) is 0. The van der Waals surface area contributed by atoms with E-state index in [1.165, 1.54) is 36.4 Å². The Morgan fingerprint density at radius 2 is 1.62 bits per heavy atom. The van der Waals surface area contributed by atoms with E-state index in [1.807, 2.05) is 0 Å². The van der Waals surface area contributed by atoms with Crippen LogP contribution in [0.25, 0.3) is 0 Å². The zero-order valence-electron chi connectivity index (χ0n) is 10.8. The van der Waals surface area contributed by atoms with Crippen LogP contribution in [0.5, 0.6) is 23.0 Å². The highest BCUT2D eigenvalue weighted by Gasteiger charge is 2.37. The van der Waals surface area contributed by atoms with E-state index in [9.17, 15) is 25.5 Å². The van der Waals surface area contributed by atoms with Gasteiger partial charge in [-0.05, 0) is 29.8 Å². The Morgan fingerprint density at radius 3 is 2.33 bits per heavy atom. The molecule has 2 aromatic carbocycles. The summed E-state index contributed by atoms with van der Waals surface area (Å²) in [6, 6.07) is 8.21. The molecule has 0 aliphatic carbocycles. The molecule has 0 radical (unpaired) electrons. The first kappa shape index (κ1) is 13.5. The predicted octanol–water partition coefficient (Wildman–Crippen LogP) is 1.33. The molecule has 0 aromatic heterocycles. The number of aliphatic hydroxyl groups is 2. The summed E-state index contributed by atoms with van der Waals surface area (Å²) in [5.74, 6) is -0.405. The minimum absolute atomic E-state index is 0.0235. The minimum Gasteiger partial charge on any atom is -0.508 e. The highest BCUT2D eigenvalue weighted by molar-refractivity contribution is 5.46. The molecule has 1 heterocycles. The monoisotopic (exact) mass is 290 g/mol. The number of rotatable bonds is 1. The molecule has 3 rings (SSSR count). The average Bonchev–Trinajstić information content (AvgIpc) is 2.45. The van der Waals surface area contributed by atoms with Gasteiger partial charge in [0.05, 0.1) is 0 Å². The first-order valence-electron chi connectivity index (χ1n) is 6.35. The smallest absolute Gasteiger partial charge is 0.157 e. The molecule has 0 unspecified atom stereocenters. The summed E-state index contributed by atoms with van der Waals surface area (Å²) in [6.07, 6.45) is -3.36. The van der Waals surface area contributed by atoms with Gasteiger partial charge in [0.2, 0.25) is 0 Å². The van der Waals surface area contributed by atoms with Gasteiger partial charge in [0, 0.05) is 11.6 Å². The van der Waals surface area contributed by atoms with Gasteiger partial charge in [0.25, 0.3) is 0 Å². The summed E-state index contributed by atoms with van der Waals surface area (Å²) in [7, 11) is 0. The van der Waals surface area contributed by atoms with E-state index in [1.54, 1.807) is 0 Å². The Morgan fingerprint density at radius 1 is 0.857 bits per heavy atom. The topological polar surface area (TPSA) is 110 Å². The van der Waals surface area contributed by atoms with Gasteiger partial charge >= 0.3 is 0 Å². The number of aliphatic hydroxyl groups excluding tert-OH is 2. The Labute approximate surface area is 120 Å². The standard InChI is InChI=1S/C15H14O6/c16-8-2-3-9-12(6-8)21-15(14(20)13(9)19)7-1-4-10(17)11(18)5-7/h1-6,13-20H/t13-,14+,15-/m1/s1. The molecule has 6 nitrogen and oxygen atoms in total. The molecule has 0 fully saturated rings. The third kappa shape index (κ3) is 2.24. The lowest BCUT2D eigenvalue weighted by atomic mass is 9.92. The molecular weight excluding hydrogens is 276 g/mol. The fourth-order valence-corrected chi connectivity index (χ4v) is 2.41. The summed E-state index contributed by atoms with van der Waals surface area (Å²) in [6.45, 7) is 0. The first-order valence-corrected chi connectivity index (χ1v) is 6.35. The molecule has 0 amide bonds. The molecule has 3 atom stereocenters. The van der Waals surface area contributed by atoms with Crippen LogP contribution in [-0.4, -0.2) is 31.6 Å². The van der Waals surface area contributed by atoms with Gasteiger partial charge in [-0.2, -0.15) is 0 Å². The third-order valence-electron chi connectivity index (χ3n) is 3.53. The summed E-state index contributed by atoms with van der Waals surface area (Å²) >= 11 is 0. The number of hydrogen-bond donors (Lipinski definition) is 5.